The molecule has 8 nitrogen and oxygen atoms in total. The van der Waals surface area contributed by atoms with E-state index in [1.54, 1.807) is 54.7 Å². The number of phenols is 1. The molecule has 1 atom stereocenters. The molecule has 1 aliphatic carbocycles. The number of carbonyl (C=O) groups is 2. The summed E-state index contributed by atoms with van der Waals surface area (Å²) < 4.78 is 22.3. The van der Waals surface area contributed by atoms with Gasteiger partial charge in [0.15, 0.2) is 5.78 Å². The molecule has 1 aliphatic heterocycles. The SMILES string of the molecule is CC1(C)CC(=O)C2=C(C1)Nc1c(O)cccc1N(C(=O)c1ccc3ncccc3n1)C2c1ccc(OCc2ccccc2)cc1F. The van der Waals surface area contributed by atoms with Crippen LogP contribution in [0.25, 0.3) is 11.0 Å². The van der Waals surface area contributed by atoms with Crippen LogP contribution in [0.1, 0.15) is 54.3 Å². The molecule has 5 aromatic rings. The predicted octanol–water partition coefficient (Wildman–Crippen LogP) is 7.51. The van der Waals surface area contributed by atoms with Gasteiger partial charge in [0.25, 0.3) is 5.91 Å². The number of benzene rings is 3. The van der Waals surface area contributed by atoms with Gasteiger partial charge in [-0.2, -0.15) is 0 Å². The van der Waals surface area contributed by atoms with E-state index in [-0.39, 0.29) is 52.8 Å². The van der Waals surface area contributed by atoms with Crippen molar-refractivity contribution in [1.82, 2.24) is 9.97 Å². The maximum Gasteiger partial charge on any atom is 0.277 e. The topological polar surface area (TPSA) is 105 Å². The Morgan fingerprint density at radius 2 is 1.83 bits per heavy atom. The quantitative estimate of drug-likeness (QED) is 0.198. The zero-order valence-electron chi connectivity index (χ0n) is 25.3. The zero-order valence-corrected chi connectivity index (χ0v) is 25.3. The lowest BCUT2D eigenvalue weighted by atomic mass is 9.73. The number of para-hydroxylation sites is 1. The summed E-state index contributed by atoms with van der Waals surface area (Å²) in [6.07, 6.45) is 2.29. The minimum Gasteiger partial charge on any atom is -0.506 e. The van der Waals surface area contributed by atoms with Crippen LogP contribution in [0.2, 0.25) is 0 Å². The number of anilines is 2. The lowest BCUT2D eigenvalue weighted by molar-refractivity contribution is -0.118. The number of nitrogens with zero attached hydrogens (tertiary/aromatic N) is 3. The third-order valence-corrected chi connectivity index (χ3v) is 8.42. The van der Waals surface area contributed by atoms with Gasteiger partial charge in [-0.3, -0.25) is 19.5 Å². The summed E-state index contributed by atoms with van der Waals surface area (Å²) in [5.74, 6) is -1.23. The van der Waals surface area contributed by atoms with Crippen molar-refractivity contribution in [3.05, 3.63) is 131 Å². The number of Topliss-reactive ketones (excluding diaryl/α,β-unsaturated/α-hetero) is 1. The van der Waals surface area contributed by atoms with Gasteiger partial charge >= 0.3 is 0 Å². The number of ether oxygens (including phenoxy) is 1. The second kappa shape index (κ2) is 11.4. The summed E-state index contributed by atoms with van der Waals surface area (Å²) in [6.45, 7) is 4.21. The molecule has 2 aromatic heterocycles. The van der Waals surface area contributed by atoms with Gasteiger partial charge in [-0.25, -0.2) is 9.37 Å². The molecule has 2 aliphatic rings. The molecule has 230 valence electrons. The monoisotopic (exact) mass is 614 g/mol. The molecule has 3 aromatic carbocycles. The van der Waals surface area contributed by atoms with Gasteiger partial charge in [-0.05, 0) is 65.9 Å². The van der Waals surface area contributed by atoms with E-state index in [0.29, 0.717) is 28.9 Å². The van der Waals surface area contributed by atoms with E-state index in [0.717, 1.165) is 5.56 Å². The van der Waals surface area contributed by atoms with E-state index in [1.807, 2.05) is 44.2 Å². The molecule has 1 unspecified atom stereocenters. The summed E-state index contributed by atoms with van der Waals surface area (Å²) >= 11 is 0. The largest absolute Gasteiger partial charge is 0.506 e. The fourth-order valence-corrected chi connectivity index (χ4v) is 6.32. The average molecular weight is 615 g/mol. The number of aromatic nitrogens is 2. The first-order valence-electron chi connectivity index (χ1n) is 15.1. The molecule has 0 fully saturated rings. The van der Waals surface area contributed by atoms with Gasteiger partial charge < -0.3 is 15.2 Å². The van der Waals surface area contributed by atoms with Crippen LogP contribution in [0, 0.1) is 11.2 Å². The van der Waals surface area contributed by atoms with Gasteiger partial charge in [-0.15, -0.1) is 0 Å². The van der Waals surface area contributed by atoms with Gasteiger partial charge in [-0.1, -0.05) is 50.2 Å². The molecule has 1 amide bonds. The van der Waals surface area contributed by atoms with Crippen LogP contribution in [0.15, 0.2) is 108 Å². The summed E-state index contributed by atoms with van der Waals surface area (Å²) in [4.78, 5) is 39.0. The molecule has 46 heavy (non-hydrogen) atoms. The molecule has 2 N–H and O–H groups in total. The van der Waals surface area contributed by atoms with E-state index < -0.39 is 23.2 Å². The number of halogens is 1. The van der Waals surface area contributed by atoms with Gasteiger partial charge in [0, 0.05) is 35.5 Å². The Hall–Kier alpha value is -5.57. The molecular weight excluding hydrogens is 583 g/mol. The number of allylic oxidation sites excluding steroid dienone is 1. The number of fused-ring (bicyclic) bond motifs is 2. The molecule has 0 spiro atoms. The standard InChI is InChI=1S/C37H31FN4O4/c1-37(2)19-29-33(32(44)20-37)35(24-14-13-23(18-25(24)38)46-21-22-8-4-3-5-9-22)42(30-11-6-12-31(43)34(30)41-29)36(45)28-16-15-26-27(40-28)10-7-17-39-26/h3-18,35,41,43H,19-21H2,1-2H3. The second-order valence-electron chi connectivity index (χ2n) is 12.4. The smallest absolute Gasteiger partial charge is 0.277 e. The molecule has 3 heterocycles. The van der Waals surface area contributed by atoms with Gasteiger partial charge in [0.1, 0.15) is 35.3 Å². The third-order valence-electron chi connectivity index (χ3n) is 8.42. The van der Waals surface area contributed by atoms with E-state index in [9.17, 15) is 14.7 Å². The number of nitrogens with one attached hydrogen (secondary N) is 1. The highest BCUT2D eigenvalue weighted by Crippen LogP contribution is 2.51. The Labute approximate surface area is 265 Å². The number of carbonyl (C=O) groups excluding carboxylic acids is 2. The average Bonchev–Trinajstić information content (AvgIpc) is 3.18. The summed E-state index contributed by atoms with van der Waals surface area (Å²) in [5, 5.41) is 14.3. The van der Waals surface area contributed by atoms with Crippen molar-refractivity contribution in [2.75, 3.05) is 10.2 Å². The number of amides is 1. The Balaban J connectivity index is 1.40. The van der Waals surface area contributed by atoms with Crippen molar-refractivity contribution >= 4 is 34.1 Å². The Morgan fingerprint density at radius 3 is 2.63 bits per heavy atom. The van der Waals surface area contributed by atoms with Gasteiger partial charge in [0.05, 0.1) is 22.8 Å². The number of phenolic OH excluding ortho intramolecular Hbond substituents is 1. The molecule has 0 radical (unpaired) electrons. The number of hydrogen-bond donors (Lipinski definition) is 2. The number of rotatable bonds is 5. The maximum atomic E-state index is 16.4. The van der Waals surface area contributed by atoms with Crippen molar-refractivity contribution in [2.24, 2.45) is 5.41 Å². The first-order valence-corrected chi connectivity index (χ1v) is 15.1. The lowest BCUT2D eigenvalue weighted by Crippen LogP contribution is -2.40. The Kier molecular flexibility index (Phi) is 7.23. The molecule has 0 saturated heterocycles. The van der Waals surface area contributed by atoms with Crippen LogP contribution in [0.5, 0.6) is 11.5 Å². The number of aromatic hydroxyl groups is 1. The molecule has 7 rings (SSSR count). The third kappa shape index (κ3) is 5.34. The summed E-state index contributed by atoms with van der Waals surface area (Å²) in [6, 6.07) is 24.4. The van der Waals surface area contributed by atoms with Gasteiger partial charge in [0.2, 0.25) is 0 Å². The normalized spacial score (nSPS) is 17.2. The number of ketones is 1. The Morgan fingerprint density at radius 1 is 1.00 bits per heavy atom. The van der Waals surface area contributed by atoms with Crippen molar-refractivity contribution in [3.8, 4) is 11.5 Å². The fourth-order valence-electron chi connectivity index (χ4n) is 6.32. The van der Waals surface area contributed by atoms with E-state index >= 15 is 4.39 Å². The first-order chi connectivity index (χ1) is 22.2. The van der Waals surface area contributed by atoms with E-state index in [4.69, 9.17) is 4.74 Å². The van der Waals surface area contributed by atoms with Crippen LogP contribution < -0.4 is 15.0 Å². The summed E-state index contributed by atoms with van der Waals surface area (Å²) in [7, 11) is 0. The van der Waals surface area contributed by atoms with Crippen LogP contribution >= 0.6 is 0 Å². The number of pyridine rings is 2. The van der Waals surface area contributed by atoms with Crippen molar-refractivity contribution in [1.29, 1.82) is 0 Å². The van der Waals surface area contributed by atoms with Crippen LogP contribution in [-0.4, -0.2) is 26.8 Å². The van der Waals surface area contributed by atoms with Crippen LogP contribution in [0.3, 0.4) is 0 Å². The van der Waals surface area contributed by atoms with Crippen LogP contribution in [0.4, 0.5) is 15.8 Å². The minimum atomic E-state index is -1.17. The predicted molar refractivity (Wildman–Crippen MR) is 173 cm³/mol. The molecule has 9 heteroatoms. The highest BCUT2D eigenvalue weighted by Gasteiger charge is 2.45. The molecule has 0 bridgehead atoms. The molecule has 0 saturated carbocycles. The Bertz CT molecular complexity index is 2040. The van der Waals surface area contributed by atoms with Crippen molar-refractivity contribution < 1.29 is 23.8 Å². The van der Waals surface area contributed by atoms with E-state index in [2.05, 4.69) is 15.3 Å². The fraction of sp³-hybridized carbons (Fsp3) is 0.189. The molecular formula is C37H31FN4O4. The first kappa shape index (κ1) is 29.2. The second-order valence-corrected chi connectivity index (χ2v) is 12.4. The van der Waals surface area contributed by atoms with E-state index in [1.165, 1.54) is 17.0 Å². The van der Waals surface area contributed by atoms with Crippen LogP contribution in [-0.2, 0) is 11.4 Å². The van der Waals surface area contributed by atoms with Crippen molar-refractivity contribution in [3.63, 3.8) is 0 Å². The highest BCUT2D eigenvalue weighted by atomic mass is 19.1. The number of hydrogen-bond acceptors (Lipinski definition) is 7. The lowest BCUT2D eigenvalue weighted by Gasteiger charge is -2.37. The summed E-state index contributed by atoms with van der Waals surface area (Å²) in [5.41, 5.74) is 3.17. The maximum absolute atomic E-state index is 16.4. The zero-order chi connectivity index (χ0) is 32.0. The highest BCUT2D eigenvalue weighted by molar-refractivity contribution is 6.12. The minimum absolute atomic E-state index is 0.0793. The van der Waals surface area contributed by atoms with Crippen molar-refractivity contribution in [2.45, 2.75) is 39.3 Å².